The highest BCUT2D eigenvalue weighted by Crippen LogP contribution is 2.19. The molecule has 0 saturated heterocycles. The molecule has 0 radical (unpaired) electrons. The number of hydrogen-bond acceptors (Lipinski definition) is 1. The molecule has 7 heteroatoms. The molecule has 0 aliphatic heterocycles. The quantitative estimate of drug-likeness (QED) is 0.397. The molecule has 0 fully saturated rings. The van der Waals surface area contributed by atoms with Gasteiger partial charge in [0.05, 0.1) is 0 Å². The van der Waals surface area contributed by atoms with Crippen molar-refractivity contribution in [3.8, 4) is 0 Å². The molecule has 0 heterocycles. The van der Waals surface area contributed by atoms with Crippen molar-refractivity contribution < 1.29 is 13.2 Å². The minimum absolute atomic E-state index is 0. The molecule has 0 amide bonds. The van der Waals surface area contributed by atoms with Gasteiger partial charge in [0.1, 0.15) is 17.5 Å². The van der Waals surface area contributed by atoms with E-state index in [1.165, 1.54) is 24.3 Å². The van der Waals surface area contributed by atoms with Crippen LogP contribution in [-0.4, -0.2) is 19.6 Å². The Morgan fingerprint density at radius 2 is 1.64 bits per heavy atom. The maximum Gasteiger partial charge on any atom is 0.191 e. The van der Waals surface area contributed by atoms with E-state index in [0.29, 0.717) is 24.6 Å². The number of nitrogens with zero attached hydrogens (tertiary/aromatic N) is 1. The van der Waals surface area contributed by atoms with Crippen LogP contribution in [0.5, 0.6) is 0 Å². The summed E-state index contributed by atoms with van der Waals surface area (Å²) in [5, 5.41) is 6.19. The van der Waals surface area contributed by atoms with E-state index in [1.54, 1.807) is 19.2 Å². The maximum atomic E-state index is 13.8. The molecule has 25 heavy (non-hydrogen) atoms. The zero-order chi connectivity index (χ0) is 17.5. The van der Waals surface area contributed by atoms with Crippen LogP contribution < -0.4 is 10.6 Å². The summed E-state index contributed by atoms with van der Waals surface area (Å²) in [4.78, 5) is 4.09. The van der Waals surface area contributed by atoms with Gasteiger partial charge in [-0.15, -0.1) is 24.0 Å². The van der Waals surface area contributed by atoms with Crippen molar-refractivity contribution in [3.63, 3.8) is 0 Å². The third-order valence-electron chi connectivity index (χ3n) is 3.67. The molecule has 2 rings (SSSR count). The second-order valence-corrected chi connectivity index (χ2v) is 5.50. The predicted octanol–water partition coefficient (Wildman–Crippen LogP) is 4.19. The number of benzene rings is 2. The standard InChI is InChI=1S/C18H20F3N3.HI/c1-12(16-8-7-15(20)9-17(16)21)10-23-18(22-2)24-11-13-3-5-14(19)6-4-13;/h3-9,12H,10-11H2,1-2H3,(H2,22,23,24);1H. The maximum absolute atomic E-state index is 13.8. The third-order valence-corrected chi connectivity index (χ3v) is 3.67. The van der Waals surface area contributed by atoms with Gasteiger partial charge in [-0.25, -0.2) is 13.2 Å². The number of aliphatic imine (C=N–C) groups is 1. The van der Waals surface area contributed by atoms with E-state index in [1.807, 2.05) is 6.92 Å². The van der Waals surface area contributed by atoms with Gasteiger partial charge in [0, 0.05) is 32.1 Å². The number of rotatable bonds is 5. The van der Waals surface area contributed by atoms with Gasteiger partial charge in [0.15, 0.2) is 5.96 Å². The Labute approximate surface area is 162 Å². The van der Waals surface area contributed by atoms with Crippen LogP contribution in [0.3, 0.4) is 0 Å². The molecule has 0 aromatic heterocycles. The van der Waals surface area contributed by atoms with Crippen LogP contribution in [0.4, 0.5) is 13.2 Å². The second-order valence-electron chi connectivity index (χ2n) is 5.50. The molecule has 1 unspecified atom stereocenters. The normalized spacial score (nSPS) is 12.3. The Morgan fingerprint density at radius 1 is 1.00 bits per heavy atom. The summed E-state index contributed by atoms with van der Waals surface area (Å²) in [6.07, 6.45) is 0. The Bertz CT molecular complexity index is 705. The van der Waals surface area contributed by atoms with Crippen LogP contribution >= 0.6 is 24.0 Å². The smallest absolute Gasteiger partial charge is 0.191 e. The highest BCUT2D eigenvalue weighted by atomic mass is 127. The molecule has 2 aromatic carbocycles. The van der Waals surface area contributed by atoms with Gasteiger partial charge >= 0.3 is 0 Å². The van der Waals surface area contributed by atoms with Crippen molar-refractivity contribution in [2.45, 2.75) is 19.4 Å². The van der Waals surface area contributed by atoms with Crippen LogP contribution in [0, 0.1) is 17.5 Å². The number of nitrogens with one attached hydrogen (secondary N) is 2. The van der Waals surface area contributed by atoms with Crippen LogP contribution in [0.2, 0.25) is 0 Å². The zero-order valence-electron chi connectivity index (χ0n) is 14.0. The first-order valence-corrected chi connectivity index (χ1v) is 7.63. The zero-order valence-corrected chi connectivity index (χ0v) is 16.4. The van der Waals surface area contributed by atoms with Gasteiger partial charge < -0.3 is 10.6 Å². The van der Waals surface area contributed by atoms with Crippen molar-refractivity contribution in [1.82, 2.24) is 10.6 Å². The van der Waals surface area contributed by atoms with E-state index >= 15 is 0 Å². The Morgan fingerprint density at radius 3 is 2.24 bits per heavy atom. The molecular formula is C18H21F3IN3. The van der Waals surface area contributed by atoms with E-state index in [0.717, 1.165) is 11.6 Å². The van der Waals surface area contributed by atoms with E-state index in [-0.39, 0.29) is 35.7 Å². The number of hydrogen-bond donors (Lipinski definition) is 2. The molecule has 0 saturated carbocycles. The first-order chi connectivity index (χ1) is 11.5. The lowest BCUT2D eigenvalue weighted by molar-refractivity contribution is 0.556. The predicted molar refractivity (Wildman–Crippen MR) is 105 cm³/mol. The first kappa shape index (κ1) is 21.3. The lowest BCUT2D eigenvalue weighted by atomic mass is 10.0. The third kappa shape index (κ3) is 6.56. The summed E-state index contributed by atoms with van der Waals surface area (Å²) >= 11 is 0. The SMILES string of the molecule is CN=C(NCc1ccc(F)cc1)NCC(C)c1ccc(F)cc1F.I. The number of guanidine groups is 1. The van der Waals surface area contributed by atoms with Crippen molar-refractivity contribution in [2.24, 2.45) is 4.99 Å². The van der Waals surface area contributed by atoms with E-state index in [2.05, 4.69) is 15.6 Å². The highest BCUT2D eigenvalue weighted by Gasteiger charge is 2.12. The van der Waals surface area contributed by atoms with Gasteiger partial charge in [0.2, 0.25) is 0 Å². The molecule has 0 aliphatic rings. The highest BCUT2D eigenvalue weighted by molar-refractivity contribution is 14.0. The van der Waals surface area contributed by atoms with E-state index in [4.69, 9.17) is 0 Å². The minimum Gasteiger partial charge on any atom is -0.356 e. The fraction of sp³-hybridized carbons (Fsp3) is 0.278. The monoisotopic (exact) mass is 463 g/mol. The van der Waals surface area contributed by atoms with Gasteiger partial charge in [0.25, 0.3) is 0 Å². The largest absolute Gasteiger partial charge is 0.356 e. The Kier molecular flexibility index (Phi) is 8.74. The summed E-state index contributed by atoms with van der Waals surface area (Å²) in [6, 6.07) is 9.74. The van der Waals surface area contributed by atoms with Crippen LogP contribution in [0.15, 0.2) is 47.5 Å². The average molecular weight is 463 g/mol. The average Bonchev–Trinajstić information content (AvgIpc) is 2.56. The van der Waals surface area contributed by atoms with Crippen molar-refractivity contribution in [2.75, 3.05) is 13.6 Å². The molecule has 136 valence electrons. The molecule has 1 atom stereocenters. The van der Waals surface area contributed by atoms with E-state index in [9.17, 15) is 13.2 Å². The lowest BCUT2D eigenvalue weighted by Crippen LogP contribution is -2.38. The summed E-state index contributed by atoms with van der Waals surface area (Å²) < 4.78 is 39.6. The summed E-state index contributed by atoms with van der Waals surface area (Å²) in [7, 11) is 1.63. The molecule has 0 aliphatic carbocycles. The van der Waals surface area contributed by atoms with Crippen molar-refractivity contribution in [1.29, 1.82) is 0 Å². The van der Waals surface area contributed by atoms with E-state index < -0.39 is 11.6 Å². The fourth-order valence-corrected chi connectivity index (χ4v) is 2.27. The first-order valence-electron chi connectivity index (χ1n) is 7.63. The van der Waals surface area contributed by atoms with Crippen molar-refractivity contribution in [3.05, 3.63) is 71.0 Å². The molecule has 2 N–H and O–H groups in total. The molecular weight excluding hydrogens is 442 g/mol. The van der Waals surface area contributed by atoms with Gasteiger partial charge in [-0.3, -0.25) is 4.99 Å². The second kappa shape index (κ2) is 10.3. The summed E-state index contributed by atoms with van der Waals surface area (Å²) in [5.74, 6) is -1.04. The number of halogens is 4. The molecule has 0 bridgehead atoms. The van der Waals surface area contributed by atoms with Gasteiger partial charge in [-0.2, -0.15) is 0 Å². The molecule has 0 spiro atoms. The molecule has 3 nitrogen and oxygen atoms in total. The topological polar surface area (TPSA) is 36.4 Å². The van der Waals surface area contributed by atoms with Gasteiger partial charge in [-0.1, -0.05) is 25.1 Å². The lowest BCUT2D eigenvalue weighted by Gasteiger charge is -2.17. The summed E-state index contributed by atoms with van der Waals surface area (Å²) in [5.41, 5.74) is 1.36. The van der Waals surface area contributed by atoms with Crippen LogP contribution in [0.25, 0.3) is 0 Å². The Balaban J connectivity index is 0.00000312. The van der Waals surface area contributed by atoms with Gasteiger partial charge in [-0.05, 0) is 29.3 Å². The minimum atomic E-state index is -0.590. The van der Waals surface area contributed by atoms with Crippen LogP contribution in [0.1, 0.15) is 24.0 Å². The summed E-state index contributed by atoms with van der Waals surface area (Å²) in [6.45, 7) is 2.77. The fourth-order valence-electron chi connectivity index (χ4n) is 2.27. The Hall–Kier alpha value is -1.77. The molecule has 2 aromatic rings. The van der Waals surface area contributed by atoms with Crippen LogP contribution in [-0.2, 0) is 6.54 Å². The van der Waals surface area contributed by atoms with Crippen molar-refractivity contribution >= 4 is 29.9 Å².